The lowest BCUT2D eigenvalue weighted by atomic mass is 10.1. The first kappa shape index (κ1) is 46.0. The number of thioether (sulfide) groups is 2. The number of carbonyl (C=O) groups is 5. The quantitative estimate of drug-likeness (QED) is 0.113. The summed E-state index contributed by atoms with van der Waals surface area (Å²) < 4.78 is 55.3. The first-order valence-electron chi connectivity index (χ1n) is 17.3. The minimum atomic E-state index is -1.81. The highest BCUT2D eigenvalue weighted by Crippen LogP contribution is 2.40. The molecule has 0 spiro atoms. The molecule has 0 amide bonds. The fraction of sp³-hybridized carbons (Fsp3) is 0.275. The standard InChI is InChI=1S/C21H17Cl2FO6S.C19H15Cl2FO5S/c1-11(25)29-21-17(24)18(30-20(27)13-4-8-15(23)9-5-13)16(31-21)10-28-19(26)12-2-6-14(22)7-3-12;20-12-5-1-10(2-6-12)17(23)26-9-14-16(15(22)19(25)28-14)27-18(24)11-3-7-13(21)8-4-11/h2-9,16-18,21H,10H2,1H3;1-8,14-16,19,25H,9H2/t16-,17+,18-,21-;14-,15+,16-,19?/m11/s1. The number of rotatable bonds is 11. The van der Waals surface area contributed by atoms with E-state index in [-0.39, 0.29) is 35.5 Å². The van der Waals surface area contributed by atoms with Crippen LogP contribution in [0.3, 0.4) is 0 Å². The first-order chi connectivity index (χ1) is 28.1. The molecule has 2 saturated heterocycles. The zero-order valence-electron chi connectivity index (χ0n) is 30.4. The second kappa shape index (κ2) is 21.4. The maximum atomic E-state index is 14.9. The number of ether oxygens (including phenoxy) is 5. The highest BCUT2D eigenvalue weighted by molar-refractivity contribution is 8.01. The average Bonchev–Trinajstić information content (AvgIpc) is 3.65. The second-order valence-corrected chi connectivity index (χ2v) is 17.0. The number of hydrogen-bond acceptors (Lipinski definition) is 13. The summed E-state index contributed by atoms with van der Waals surface area (Å²) in [6.07, 6.45) is -6.17. The molecule has 2 aliphatic heterocycles. The predicted octanol–water partition coefficient (Wildman–Crippen LogP) is 8.87. The monoisotopic (exact) mass is 930 g/mol. The summed E-state index contributed by atoms with van der Waals surface area (Å²) in [4.78, 5) is 60.4. The van der Waals surface area contributed by atoms with Crippen molar-refractivity contribution in [2.75, 3.05) is 13.2 Å². The Bertz CT molecular complexity index is 2100. The molecule has 4 aromatic carbocycles. The van der Waals surface area contributed by atoms with Crippen molar-refractivity contribution in [1.29, 1.82) is 0 Å². The Balaban J connectivity index is 0.000000225. The van der Waals surface area contributed by atoms with Gasteiger partial charge in [-0.2, -0.15) is 0 Å². The molecule has 6 rings (SSSR count). The fourth-order valence-electron chi connectivity index (χ4n) is 5.40. The Hall–Kier alpha value is -4.09. The Morgan fingerprint density at radius 2 is 0.847 bits per heavy atom. The van der Waals surface area contributed by atoms with Gasteiger partial charge in [0.2, 0.25) is 0 Å². The van der Waals surface area contributed by atoms with E-state index in [4.69, 9.17) is 70.1 Å². The van der Waals surface area contributed by atoms with Crippen LogP contribution < -0.4 is 0 Å². The van der Waals surface area contributed by atoms with Crippen molar-refractivity contribution in [1.82, 2.24) is 0 Å². The van der Waals surface area contributed by atoms with Crippen LogP contribution in [0, 0.1) is 0 Å². The lowest BCUT2D eigenvalue weighted by Crippen LogP contribution is -2.37. The van der Waals surface area contributed by atoms with Crippen molar-refractivity contribution >= 4 is 99.8 Å². The molecular weight excluding hydrogens is 900 g/mol. The fourth-order valence-corrected chi connectivity index (χ4v) is 8.42. The Kier molecular flexibility index (Phi) is 16.7. The maximum Gasteiger partial charge on any atom is 0.338 e. The summed E-state index contributed by atoms with van der Waals surface area (Å²) in [6.45, 7) is 0.654. The summed E-state index contributed by atoms with van der Waals surface area (Å²) in [5.41, 5.74) is -1.67. The van der Waals surface area contributed by atoms with E-state index in [0.717, 1.165) is 30.4 Å². The lowest BCUT2D eigenvalue weighted by Gasteiger charge is -2.20. The SMILES string of the molecule is CC(=O)O[C@@H]1S[C@H](COC(=O)c2ccc(Cl)cc2)[C@@H](OC(=O)c2ccc(Cl)cc2)[C@@H]1F.O=C(OC[C@H]1SC(O)[C@@H](F)[C@@H]1OC(=O)c1ccc(Cl)cc1)c1ccc(Cl)cc1. The van der Waals surface area contributed by atoms with E-state index < -0.39 is 75.8 Å². The molecule has 19 heteroatoms. The minimum Gasteiger partial charge on any atom is -0.461 e. The molecule has 1 unspecified atom stereocenters. The number of benzene rings is 4. The lowest BCUT2D eigenvalue weighted by molar-refractivity contribution is -0.145. The van der Waals surface area contributed by atoms with Gasteiger partial charge in [-0.3, -0.25) is 4.79 Å². The summed E-state index contributed by atoms with van der Waals surface area (Å²) in [6, 6.07) is 23.9. The van der Waals surface area contributed by atoms with Crippen LogP contribution >= 0.6 is 69.9 Å². The molecule has 2 aliphatic rings. The van der Waals surface area contributed by atoms with Crippen molar-refractivity contribution in [3.63, 3.8) is 0 Å². The molecule has 11 nitrogen and oxygen atoms in total. The van der Waals surface area contributed by atoms with Gasteiger partial charge in [-0.1, -0.05) is 46.4 Å². The van der Waals surface area contributed by atoms with E-state index in [9.17, 15) is 37.9 Å². The Morgan fingerprint density at radius 3 is 1.20 bits per heavy atom. The highest BCUT2D eigenvalue weighted by Gasteiger charge is 2.50. The molecule has 2 fully saturated rings. The normalized spacial score (nSPS) is 23.3. The number of hydrogen-bond donors (Lipinski definition) is 1. The van der Waals surface area contributed by atoms with E-state index in [1.165, 1.54) is 84.9 Å². The molecular formula is C40H32Cl4F2O11S2. The van der Waals surface area contributed by atoms with Gasteiger partial charge in [0, 0.05) is 27.0 Å². The molecule has 1 N–H and O–H groups in total. The maximum absolute atomic E-state index is 14.9. The van der Waals surface area contributed by atoms with E-state index in [0.29, 0.717) is 20.1 Å². The van der Waals surface area contributed by atoms with E-state index in [2.05, 4.69) is 0 Å². The zero-order chi connectivity index (χ0) is 42.8. The molecule has 0 aliphatic carbocycles. The largest absolute Gasteiger partial charge is 0.461 e. The van der Waals surface area contributed by atoms with Crippen molar-refractivity contribution < 1.29 is 61.5 Å². The van der Waals surface area contributed by atoms with Gasteiger partial charge in [-0.15, -0.1) is 23.5 Å². The number of carbonyl (C=O) groups excluding carboxylic acids is 5. The van der Waals surface area contributed by atoms with Crippen LogP contribution in [-0.4, -0.2) is 94.1 Å². The summed E-state index contributed by atoms with van der Waals surface area (Å²) in [5, 5.41) is 10.1. The number of esters is 5. The Labute approximate surface area is 364 Å². The molecule has 0 saturated carbocycles. The average molecular weight is 933 g/mol. The third-order valence-corrected chi connectivity index (χ3v) is 12.0. The molecule has 59 heavy (non-hydrogen) atoms. The van der Waals surface area contributed by atoms with E-state index in [1.807, 2.05) is 0 Å². The van der Waals surface area contributed by atoms with Crippen LogP contribution in [0.1, 0.15) is 48.4 Å². The van der Waals surface area contributed by atoms with E-state index >= 15 is 0 Å². The van der Waals surface area contributed by atoms with Gasteiger partial charge in [0.15, 0.2) is 30.0 Å². The van der Waals surface area contributed by atoms with Gasteiger partial charge in [-0.25, -0.2) is 28.0 Å². The van der Waals surface area contributed by atoms with Gasteiger partial charge in [0.05, 0.1) is 32.8 Å². The van der Waals surface area contributed by atoms with Crippen LogP contribution in [0.25, 0.3) is 0 Å². The zero-order valence-corrected chi connectivity index (χ0v) is 35.0. The second-order valence-electron chi connectivity index (χ2n) is 12.6. The van der Waals surface area contributed by atoms with Gasteiger partial charge >= 0.3 is 29.8 Å². The van der Waals surface area contributed by atoms with Crippen LogP contribution in [0.4, 0.5) is 8.78 Å². The van der Waals surface area contributed by atoms with Crippen molar-refractivity contribution in [3.05, 3.63) is 139 Å². The molecule has 0 bridgehead atoms. The molecule has 8 atom stereocenters. The predicted molar refractivity (Wildman–Crippen MR) is 219 cm³/mol. The Morgan fingerprint density at radius 1 is 0.525 bits per heavy atom. The number of alkyl halides is 2. The summed E-state index contributed by atoms with van der Waals surface area (Å²) in [5.74, 6) is -3.49. The first-order valence-corrected chi connectivity index (χ1v) is 20.7. The summed E-state index contributed by atoms with van der Waals surface area (Å²) >= 11 is 24.9. The van der Waals surface area contributed by atoms with E-state index in [1.54, 1.807) is 12.1 Å². The van der Waals surface area contributed by atoms with Gasteiger partial charge in [-0.05, 0) is 97.1 Å². The van der Waals surface area contributed by atoms with Crippen LogP contribution in [0.5, 0.6) is 0 Å². The molecule has 312 valence electrons. The topological polar surface area (TPSA) is 152 Å². The third kappa shape index (κ3) is 13.0. The number of aliphatic hydroxyl groups excluding tert-OH is 1. The number of halogens is 6. The van der Waals surface area contributed by atoms with Crippen molar-refractivity contribution in [2.24, 2.45) is 0 Å². The van der Waals surface area contributed by atoms with Gasteiger partial charge < -0.3 is 28.8 Å². The molecule has 4 aromatic rings. The molecule has 0 radical (unpaired) electrons. The van der Waals surface area contributed by atoms with Crippen LogP contribution in [-0.2, 0) is 28.5 Å². The minimum absolute atomic E-state index is 0.175. The van der Waals surface area contributed by atoms with Crippen LogP contribution in [0.2, 0.25) is 20.1 Å². The van der Waals surface area contributed by atoms with Crippen molar-refractivity contribution in [3.8, 4) is 0 Å². The highest BCUT2D eigenvalue weighted by atomic mass is 35.5. The smallest absolute Gasteiger partial charge is 0.338 e. The van der Waals surface area contributed by atoms with Gasteiger partial charge in [0.25, 0.3) is 0 Å². The third-order valence-electron chi connectivity index (χ3n) is 8.36. The van der Waals surface area contributed by atoms with Gasteiger partial charge in [0.1, 0.15) is 18.6 Å². The van der Waals surface area contributed by atoms with Crippen molar-refractivity contribution in [2.45, 2.75) is 52.8 Å². The molecule has 0 aromatic heterocycles. The molecule has 2 heterocycles. The number of aliphatic hydroxyl groups is 1. The summed E-state index contributed by atoms with van der Waals surface area (Å²) in [7, 11) is 0. The van der Waals surface area contributed by atoms with Crippen LogP contribution in [0.15, 0.2) is 97.1 Å².